The lowest BCUT2D eigenvalue weighted by Gasteiger charge is -2.27. The number of fused-ring (bicyclic) bond motifs is 2. The van der Waals surface area contributed by atoms with Crippen LogP contribution in [0.25, 0.3) is 0 Å². The minimum atomic E-state index is -4.40. The van der Waals surface area contributed by atoms with Crippen LogP contribution in [0.15, 0.2) is 82.3 Å². The largest absolute Gasteiger partial charge is 0.481 e. The van der Waals surface area contributed by atoms with Crippen LogP contribution in [-0.4, -0.2) is 63.8 Å². The van der Waals surface area contributed by atoms with Gasteiger partial charge >= 0.3 is 11.9 Å². The molecule has 14 heteroatoms. The van der Waals surface area contributed by atoms with Crippen LogP contribution in [0, 0.1) is 0 Å². The maximum Gasteiger partial charge on any atom is 0.303 e. The molecule has 0 bridgehead atoms. The van der Waals surface area contributed by atoms with Crippen LogP contribution in [0.3, 0.4) is 0 Å². The van der Waals surface area contributed by atoms with Crippen molar-refractivity contribution in [3.8, 4) is 0 Å². The Balaban J connectivity index is 1.62. The molecule has 0 aromatic heterocycles. The van der Waals surface area contributed by atoms with Crippen molar-refractivity contribution in [1.29, 1.82) is 0 Å². The maximum absolute atomic E-state index is 12.0. The van der Waals surface area contributed by atoms with E-state index in [0.717, 1.165) is 76.5 Å². The molecule has 0 amide bonds. The Morgan fingerprint density at radius 3 is 2.20 bits per heavy atom. The first-order chi connectivity index (χ1) is 24.1. The van der Waals surface area contributed by atoms with Crippen LogP contribution in [0.2, 0.25) is 0 Å². The van der Waals surface area contributed by atoms with Gasteiger partial charge in [-0.3, -0.25) is 14.1 Å². The van der Waals surface area contributed by atoms with E-state index in [1.165, 1.54) is 12.1 Å². The second kappa shape index (κ2) is 17.2. The average Bonchev–Trinajstić information content (AvgIpc) is 3.40. The molecule has 12 nitrogen and oxygen atoms in total. The second-order valence-corrected chi connectivity index (χ2v) is 15.9. The molecule has 2 aromatic rings. The van der Waals surface area contributed by atoms with Crippen molar-refractivity contribution in [3.63, 3.8) is 0 Å². The predicted octanol–water partition coefficient (Wildman–Crippen LogP) is 7.82. The highest BCUT2D eigenvalue weighted by Crippen LogP contribution is 2.48. The van der Waals surface area contributed by atoms with Gasteiger partial charge in [0, 0.05) is 65.2 Å². The zero-order chi connectivity index (χ0) is 37.4. The van der Waals surface area contributed by atoms with E-state index >= 15 is 0 Å². The van der Waals surface area contributed by atoms with E-state index < -0.39 is 32.9 Å². The summed E-state index contributed by atoms with van der Waals surface area (Å²) >= 11 is 0.898. The third-order valence-corrected chi connectivity index (χ3v) is 10.9. The van der Waals surface area contributed by atoms with Crippen molar-refractivity contribution in [2.24, 2.45) is 0 Å². The van der Waals surface area contributed by atoms with Gasteiger partial charge in [-0.05, 0) is 81.5 Å². The number of anilines is 1. The molecule has 0 fully saturated rings. The van der Waals surface area contributed by atoms with Crippen molar-refractivity contribution in [2.45, 2.75) is 99.7 Å². The fourth-order valence-electron chi connectivity index (χ4n) is 6.86. The van der Waals surface area contributed by atoms with E-state index in [2.05, 4.69) is 38.8 Å². The van der Waals surface area contributed by atoms with E-state index in [4.69, 9.17) is 15.5 Å². The van der Waals surface area contributed by atoms with Gasteiger partial charge in [0.05, 0.1) is 22.4 Å². The Morgan fingerprint density at radius 1 is 0.863 bits per heavy atom. The molecule has 0 atom stereocenters. The van der Waals surface area contributed by atoms with Gasteiger partial charge < -0.3 is 15.1 Å². The average molecular weight is 744 g/mol. The Labute approximate surface area is 303 Å². The van der Waals surface area contributed by atoms with Crippen LogP contribution >= 0.6 is 12.0 Å². The zero-order valence-corrected chi connectivity index (χ0v) is 31.0. The van der Waals surface area contributed by atoms with Gasteiger partial charge in [0.2, 0.25) is 5.69 Å². The van der Waals surface area contributed by atoms with Gasteiger partial charge in [-0.15, -0.1) is 4.33 Å². The summed E-state index contributed by atoms with van der Waals surface area (Å²) in [7, 11) is -4.40. The molecule has 51 heavy (non-hydrogen) atoms. The number of allylic oxidation sites excluding steroid dienone is 6. The highest BCUT2D eigenvalue weighted by molar-refractivity contribution is 7.94. The summed E-state index contributed by atoms with van der Waals surface area (Å²) < 4.78 is 40.6. The molecule has 2 aliphatic rings. The lowest BCUT2D eigenvalue weighted by atomic mass is 9.81. The number of carboxylic acids is 2. The van der Waals surface area contributed by atoms with Gasteiger partial charge in [0.15, 0.2) is 5.71 Å². The van der Waals surface area contributed by atoms with Crippen molar-refractivity contribution in [3.05, 3.63) is 83.6 Å². The maximum atomic E-state index is 12.0. The van der Waals surface area contributed by atoms with E-state index in [-0.39, 0.29) is 17.7 Å². The minimum absolute atomic E-state index is 0.105. The molecule has 2 aromatic carbocycles. The van der Waals surface area contributed by atoms with Crippen LogP contribution in [-0.2, 0) is 39.9 Å². The van der Waals surface area contributed by atoms with E-state index in [0.29, 0.717) is 25.9 Å². The molecular weight excluding hydrogens is 697 g/mol. The number of aliphatic carboxylic acids is 2. The smallest absolute Gasteiger partial charge is 0.303 e. The summed E-state index contributed by atoms with van der Waals surface area (Å²) in [6.45, 7) is 9.59. The summed E-state index contributed by atoms with van der Waals surface area (Å²) in [5, 5.41) is 30.5. The molecule has 4 N–H and O–H groups in total. The SMILES string of the molecule is CC1(C)C(/C=C/C=C/C=C2/N(CCCCCC(=O)O)c3ccc(S(=O)(=O)O)cc3C2(C)C)=[N+](CCCCCC(=O)O)c2ccc(SOOO)cc21. The zero-order valence-electron chi connectivity index (χ0n) is 29.4. The molecule has 0 spiro atoms. The Hall–Kier alpha value is -3.79. The van der Waals surface area contributed by atoms with Crippen LogP contribution in [0.1, 0.15) is 90.2 Å². The Kier molecular flexibility index (Phi) is 13.4. The molecule has 4 rings (SSSR count). The fraction of sp³-hybridized carbons (Fsp3) is 0.432. The normalized spacial score (nSPS) is 17.2. The molecule has 2 aliphatic heterocycles. The van der Waals surface area contributed by atoms with Crippen molar-refractivity contribution in [2.75, 3.05) is 18.0 Å². The summed E-state index contributed by atoms with van der Waals surface area (Å²) in [5.74, 6) is -1.63. The first kappa shape index (κ1) is 40.0. The predicted molar refractivity (Wildman–Crippen MR) is 195 cm³/mol. The number of nitrogens with zero attached hydrogens (tertiary/aromatic N) is 2. The van der Waals surface area contributed by atoms with Crippen molar-refractivity contribution in [1.82, 2.24) is 0 Å². The quantitative estimate of drug-likeness (QED) is 0.0209. The van der Waals surface area contributed by atoms with E-state index in [9.17, 15) is 22.6 Å². The van der Waals surface area contributed by atoms with E-state index in [1.807, 2.05) is 56.4 Å². The summed E-state index contributed by atoms with van der Waals surface area (Å²) in [6.07, 6.45) is 14.4. The standard InChI is InChI=1S/C37H46N2O10S2/c1-36(2)28-24-26(50-49-48-44)18-20-30(28)38(22-12-6-10-16-34(40)41)32(36)14-8-5-9-15-33-37(3,4)29-25-27(51(45,46)47)19-21-31(29)39(33)23-13-7-11-17-35(42)43/h5,8-9,14-15,18-21,24-25H,6-7,10-13,16-17,22-23H2,1-4H3,(H3-,40,41,42,43,44,45,46,47)/p+1. The molecule has 0 unspecified atom stereocenters. The van der Waals surface area contributed by atoms with Crippen molar-refractivity contribution >= 4 is 51.2 Å². The van der Waals surface area contributed by atoms with E-state index in [1.54, 1.807) is 6.07 Å². The summed E-state index contributed by atoms with van der Waals surface area (Å²) in [5.41, 5.74) is 4.73. The van der Waals surface area contributed by atoms with Crippen LogP contribution in [0.5, 0.6) is 0 Å². The third-order valence-electron chi connectivity index (χ3n) is 9.46. The first-order valence-corrected chi connectivity index (χ1v) is 19.1. The first-order valence-electron chi connectivity index (χ1n) is 16.9. The van der Waals surface area contributed by atoms with Gasteiger partial charge in [-0.1, -0.05) is 43.5 Å². The Morgan fingerprint density at radius 2 is 1.55 bits per heavy atom. The summed E-state index contributed by atoms with van der Waals surface area (Å²) in [6, 6.07) is 10.5. The number of rotatable bonds is 19. The molecule has 0 saturated carbocycles. The monoisotopic (exact) mass is 743 g/mol. The number of carboxylic acid groups (broad SMARTS) is 2. The molecule has 0 saturated heterocycles. The van der Waals surface area contributed by atoms with Crippen LogP contribution in [0.4, 0.5) is 11.4 Å². The van der Waals surface area contributed by atoms with Crippen molar-refractivity contribution < 1.29 is 52.0 Å². The molecule has 0 radical (unpaired) electrons. The van der Waals surface area contributed by atoms with Gasteiger partial charge in [0.1, 0.15) is 6.54 Å². The third kappa shape index (κ3) is 9.76. The topological polar surface area (TPSA) is 174 Å². The highest BCUT2D eigenvalue weighted by atomic mass is 32.2. The number of hydrogen-bond acceptors (Lipinski definition) is 9. The number of hydrogen-bond donors (Lipinski definition) is 4. The number of unbranched alkanes of at least 4 members (excludes halogenated alkanes) is 4. The number of carbonyl (C=O) groups is 2. The molecule has 0 aliphatic carbocycles. The fourth-order valence-corrected chi connectivity index (χ4v) is 7.77. The molecule has 276 valence electrons. The highest BCUT2D eigenvalue weighted by Gasteiger charge is 2.44. The molecular formula is C37H47N2O10S2+. The minimum Gasteiger partial charge on any atom is -0.481 e. The van der Waals surface area contributed by atoms with Gasteiger partial charge in [-0.2, -0.15) is 13.0 Å². The van der Waals surface area contributed by atoms with Gasteiger partial charge in [0.25, 0.3) is 10.1 Å². The molecule has 2 heterocycles. The van der Waals surface area contributed by atoms with Crippen LogP contribution < -0.4 is 4.90 Å². The lowest BCUT2D eigenvalue weighted by molar-refractivity contribution is -0.438. The summed E-state index contributed by atoms with van der Waals surface area (Å²) in [4.78, 5) is 24.7. The lowest BCUT2D eigenvalue weighted by Crippen LogP contribution is -2.28. The number of benzene rings is 2. The second-order valence-electron chi connectivity index (χ2n) is 13.7. The Bertz CT molecular complexity index is 1840. The van der Waals surface area contributed by atoms with Gasteiger partial charge in [-0.25, -0.2) is 5.26 Å².